The summed E-state index contributed by atoms with van der Waals surface area (Å²) in [6.45, 7) is 1.51. The zero-order valence-electron chi connectivity index (χ0n) is 13.3. The van der Waals surface area contributed by atoms with E-state index in [1.54, 1.807) is 0 Å². The monoisotopic (exact) mass is 385 g/mol. The van der Waals surface area contributed by atoms with E-state index in [2.05, 4.69) is 9.44 Å². The summed E-state index contributed by atoms with van der Waals surface area (Å²) in [7, 11) is -7.61. The lowest BCUT2D eigenvalue weighted by Gasteiger charge is -2.11. The van der Waals surface area contributed by atoms with Crippen LogP contribution in [0.5, 0.6) is 0 Å². The lowest BCUT2D eigenvalue weighted by atomic mass is 10.2. The Kier molecular flexibility index (Phi) is 4.99. The molecule has 0 aromatic heterocycles. The highest BCUT2D eigenvalue weighted by Crippen LogP contribution is 2.25. The number of hydrogen-bond acceptors (Lipinski definition) is 6. The highest BCUT2D eigenvalue weighted by atomic mass is 32.2. The molecule has 0 saturated heterocycles. The molecule has 0 bridgehead atoms. The molecule has 0 radical (unpaired) electrons. The maximum Gasteiger partial charge on any atom is 0.270 e. The van der Waals surface area contributed by atoms with Crippen LogP contribution >= 0.6 is 0 Å². The number of nitrogens with zero attached hydrogens (tertiary/aromatic N) is 1. The fourth-order valence-electron chi connectivity index (χ4n) is 2.06. The van der Waals surface area contributed by atoms with Crippen LogP contribution in [0.15, 0.2) is 47.4 Å². The number of hydrogen-bond donors (Lipinski definition) is 2. The molecule has 0 fully saturated rings. The SMILES string of the molecule is Cc1ccc([N+](=O)[O-])cc1S(=O)(=O)Nc1cccc(NS(C)(=O)=O)c1. The zero-order valence-corrected chi connectivity index (χ0v) is 14.9. The molecule has 0 atom stereocenters. The van der Waals surface area contributed by atoms with Crippen molar-refractivity contribution in [2.45, 2.75) is 11.8 Å². The van der Waals surface area contributed by atoms with E-state index < -0.39 is 25.0 Å². The predicted molar refractivity (Wildman–Crippen MR) is 93.6 cm³/mol. The van der Waals surface area contributed by atoms with Crippen LogP contribution in [0.3, 0.4) is 0 Å². The van der Waals surface area contributed by atoms with E-state index in [1.807, 2.05) is 0 Å². The Hall–Kier alpha value is -2.66. The lowest BCUT2D eigenvalue weighted by molar-refractivity contribution is -0.385. The molecule has 2 N–H and O–H groups in total. The van der Waals surface area contributed by atoms with Crippen molar-refractivity contribution in [1.29, 1.82) is 0 Å². The van der Waals surface area contributed by atoms with E-state index >= 15 is 0 Å². The highest BCUT2D eigenvalue weighted by Gasteiger charge is 2.21. The van der Waals surface area contributed by atoms with Crippen molar-refractivity contribution >= 4 is 37.1 Å². The van der Waals surface area contributed by atoms with Gasteiger partial charge in [0.05, 0.1) is 27.4 Å². The second kappa shape index (κ2) is 6.69. The van der Waals surface area contributed by atoms with Gasteiger partial charge >= 0.3 is 0 Å². The molecule has 0 saturated carbocycles. The fraction of sp³-hybridized carbons (Fsp3) is 0.143. The molecule has 2 aromatic rings. The summed E-state index contributed by atoms with van der Waals surface area (Å²) >= 11 is 0. The van der Waals surface area contributed by atoms with E-state index in [9.17, 15) is 26.9 Å². The Morgan fingerprint density at radius 2 is 1.56 bits per heavy atom. The molecule has 11 heteroatoms. The van der Waals surface area contributed by atoms with Crippen LogP contribution < -0.4 is 9.44 Å². The summed E-state index contributed by atoms with van der Waals surface area (Å²) in [5.41, 5.74) is 0.278. The van der Waals surface area contributed by atoms with Gasteiger partial charge in [0.25, 0.3) is 15.7 Å². The molecule has 0 heterocycles. The number of benzene rings is 2. The maximum atomic E-state index is 12.5. The van der Waals surface area contributed by atoms with Gasteiger partial charge in [0.1, 0.15) is 0 Å². The van der Waals surface area contributed by atoms with Crippen molar-refractivity contribution in [3.05, 3.63) is 58.1 Å². The zero-order chi connectivity index (χ0) is 18.8. The minimum atomic E-state index is -4.09. The Bertz CT molecular complexity index is 1030. The molecule has 0 unspecified atom stereocenters. The van der Waals surface area contributed by atoms with Crippen LogP contribution in [0.4, 0.5) is 17.1 Å². The maximum absolute atomic E-state index is 12.5. The number of nitro benzene ring substituents is 1. The fourth-order valence-corrected chi connectivity index (χ4v) is 3.93. The van der Waals surface area contributed by atoms with Crippen LogP contribution in [-0.2, 0) is 20.0 Å². The standard InChI is InChI=1S/C14H15N3O6S2/c1-10-6-7-13(17(18)19)9-14(10)25(22,23)16-12-5-3-4-11(8-12)15-24(2,20)21/h3-9,15-16H,1-2H3. The molecule has 0 aliphatic rings. The summed E-state index contributed by atoms with van der Waals surface area (Å²) < 4.78 is 52.1. The summed E-state index contributed by atoms with van der Waals surface area (Å²) in [5.74, 6) is 0. The van der Waals surface area contributed by atoms with E-state index in [0.29, 0.717) is 5.56 Å². The quantitative estimate of drug-likeness (QED) is 0.577. The third-order valence-corrected chi connectivity index (χ3v) is 5.22. The number of sulfonamides is 2. The van der Waals surface area contributed by atoms with Crippen LogP contribution in [0.25, 0.3) is 0 Å². The first-order valence-corrected chi connectivity index (χ1v) is 10.2. The number of rotatable bonds is 6. The molecular weight excluding hydrogens is 370 g/mol. The summed E-state index contributed by atoms with van der Waals surface area (Å²) in [5, 5.41) is 10.9. The normalized spacial score (nSPS) is 11.8. The Morgan fingerprint density at radius 3 is 2.12 bits per heavy atom. The van der Waals surface area contributed by atoms with Gasteiger partial charge in [-0.2, -0.15) is 0 Å². The van der Waals surface area contributed by atoms with Gasteiger partial charge in [0, 0.05) is 12.1 Å². The molecule has 25 heavy (non-hydrogen) atoms. The number of non-ortho nitro benzene ring substituents is 1. The van der Waals surface area contributed by atoms with E-state index in [4.69, 9.17) is 0 Å². The van der Waals surface area contributed by atoms with Crippen LogP contribution in [0, 0.1) is 17.0 Å². The highest BCUT2D eigenvalue weighted by molar-refractivity contribution is 7.92. The van der Waals surface area contributed by atoms with Gasteiger partial charge in [0.2, 0.25) is 10.0 Å². The van der Waals surface area contributed by atoms with Gasteiger partial charge in [-0.05, 0) is 30.7 Å². The van der Waals surface area contributed by atoms with Crippen LogP contribution in [0.2, 0.25) is 0 Å². The van der Waals surface area contributed by atoms with Crippen molar-refractivity contribution in [3.8, 4) is 0 Å². The van der Waals surface area contributed by atoms with Crippen molar-refractivity contribution in [1.82, 2.24) is 0 Å². The van der Waals surface area contributed by atoms with E-state index in [-0.39, 0.29) is 22.0 Å². The van der Waals surface area contributed by atoms with Gasteiger partial charge < -0.3 is 0 Å². The largest absolute Gasteiger partial charge is 0.284 e. The van der Waals surface area contributed by atoms with Gasteiger partial charge in [-0.1, -0.05) is 12.1 Å². The average Bonchev–Trinajstić information content (AvgIpc) is 2.45. The van der Waals surface area contributed by atoms with Crippen molar-refractivity contribution in [2.24, 2.45) is 0 Å². The van der Waals surface area contributed by atoms with E-state index in [1.165, 1.54) is 43.3 Å². The molecule has 2 rings (SSSR count). The van der Waals surface area contributed by atoms with Gasteiger partial charge in [-0.15, -0.1) is 0 Å². The third-order valence-electron chi connectivity index (χ3n) is 3.09. The first-order valence-electron chi connectivity index (χ1n) is 6.84. The Labute approximate surface area is 144 Å². The number of anilines is 2. The number of aryl methyl sites for hydroxylation is 1. The van der Waals surface area contributed by atoms with Gasteiger partial charge in [-0.3, -0.25) is 19.6 Å². The second-order valence-electron chi connectivity index (χ2n) is 5.27. The molecule has 2 aromatic carbocycles. The van der Waals surface area contributed by atoms with Crippen molar-refractivity contribution in [3.63, 3.8) is 0 Å². The van der Waals surface area contributed by atoms with Crippen LogP contribution in [0.1, 0.15) is 5.56 Å². The molecular formula is C14H15N3O6S2. The topological polar surface area (TPSA) is 135 Å². The van der Waals surface area contributed by atoms with Crippen molar-refractivity contribution < 1.29 is 21.8 Å². The lowest BCUT2D eigenvalue weighted by Crippen LogP contribution is -2.15. The molecule has 0 spiro atoms. The molecule has 9 nitrogen and oxygen atoms in total. The molecule has 134 valence electrons. The predicted octanol–water partition coefficient (Wildman–Crippen LogP) is 2.08. The Balaban J connectivity index is 2.38. The van der Waals surface area contributed by atoms with Crippen LogP contribution in [-0.4, -0.2) is 28.0 Å². The molecule has 0 aliphatic heterocycles. The smallest absolute Gasteiger partial charge is 0.270 e. The Morgan fingerprint density at radius 1 is 0.960 bits per heavy atom. The second-order valence-corrected chi connectivity index (χ2v) is 8.67. The first-order chi connectivity index (χ1) is 11.5. The number of nitrogens with one attached hydrogen (secondary N) is 2. The average molecular weight is 385 g/mol. The number of nitro groups is 1. The van der Waals surface area contributed by atoms with E-state index in [0.717, 1.165) is 12.3 Å². The third kappa shape index (κ3) is 4.90. The molecule has 0 amide bonds. The summed E-state index contributed by atoms with van der Waals surface area (Å²) in [6, 6.07) is 9.17. The summed E-state index contributed by atoms with van der Waals surface area (Å²) in [6.07, 6.45) is 0.969. The molecule has 0 aliphatic carbocycles. The van der Waals surface area contributed by atoms with Crippen molar-refractivity contribution in [2.75, 3.05) is 15.7 Å². The van der Waals surface area contributed by atoms with Gasteiger partial charge in [-0.25, -0.2) is 16.8 Å². The first kappa shape index (κ1) is 18.7. The van der Waals surface area contributed by atoms with Gasteiger partial charge in [0.15, 0.2) is 0 Å². The minimum Gasteiger partial charge on any atom is -0.284 e. The minimum absolute atomic E-state index is 0.111. The summed E-state index contributed by atoms with van der Waals surface area (Å²) in [4.78, 5) is 9.93.